The van der Waals surface area contributed by atoms with Gasteiger partial charge in [0.25, 0.3) is 0 Å². The molecule has 0 saturated carbocycles. The normalized spacial score (nSPS) is 10.6. The van der Waals surface area contributed by atoms with Crippen LogP contribution in [0.3, 0.4) is 0 Å². The van der Waals surface area contributed by atoms with Gasteiger partial charge in [-0.2, -0.15) is 0 Å². The first-order valence-electron chi connectivity index (χ1n) is 4.49. The van der Waals surface area contributed by atoms with E-state index in [1.54, 1.807) is 0 Å². The maximum Gasteiger partial charge on any atom is 0.170 e. The van der Waals surface area contributed by atoms with Gasteiger partial charge in [0.15, 0.2) is 5.76 Å². The number of aromatic nitrogens is 1. The minimum Gasteiger partial charge on any atom is -0.356 e. The molecule has 2 rings (SSSR count). The molecule has 0 saturated heterocycles. The van der Waals surface area contributed by atoms with E-state index >= 15 is 0 Å². The summed E-state index contributed by atoms with van der Waals surface area (Å²) < 4.78 is 6.36. The molecule has 0 N–H and O–H groups in total. The minimum atomic E-state index is 0.719. The van der Waals surface area contributed by atoms with Crippen LogP contribution in [0, 0.1) is 6.92 Å². The predicted octanol–water partition coefficient (Wildman–Crippen LogP) is 4.31. The van der Waals surface area contributed by atoms with Gasteiger partial charge >= 0.3 is 0 Å². The summed E-state index contributed by atoms with van der Waals surface area (Å²) in [6.07, 6.45) is 0. The standard InChI is InChI=1S/C11H9Br2NO/c1-7-10(6-12)14-15-11(7)8-3-2-4-9(13)5-8/h2-5H,6H2,1H3. The molecule has 0 amide bonds. The highest BCUT2D eigenvalue weighted by Crippen LogP contribution is 2.28. The molecule has 1 aromatic heterocycles. The third-order valence-electron chi connectivity index (χ3n) is 2.23. The van der Waals surface area contributed by atoms with Gasteiger partial charge in [-0.15, -0.1) is 0 Å². The Morgan fingerprint density at radius 2 is 2.20 bits per heavy atom. The molecule has 0 radical (unpaired) electrons. The predicted molar refractivity (Wildman–Crippen MR) is 67.0 cm³/mol. The highest BCUT2D eigenvalue weighted by atomic mass is 79.9. The lowest BCUT2D eigenvalue weighted by atomic mass is 10.1. The van der Waals surface area contributed by atoms with Crippen molar-refractivity contribution < 1.29 is 4.52 Å². The summed E-state index contributed by atoms with van der Waals surface area (Å²) in [7, 11) is 0. The molecule has 0 aliphatic carbocycles. The largest absolute Gasteiger partial charge is 0.356 e. The van der Waals surface area contributed by atoms with Crippen LogP contribution in [0.5, 0.6) is 0 Å². The Labute approximate surface area is 105 Å². The zero-order valence-corrected chi connectivity index (χ0v) is 11.3. The van der Waals surface area contributed by atoms with Gasteiger partial charge in [-0.1, -0.05) is 49.1 Å². The number of benzene rings is 1. The molecule has 4 heteroatoms. The second-order valence-electron chi connectivity index (χ2n) is 3.23. The maximum atomic E-state index is 5.33. The van der Waals surface area contributed by atoms with E-state index in [0.717, 1.165) is 32.4 Å². The summed E-state index contributed by atoms with van der Waals surface area (Å²) in [6.45, 7) is 2.02. The van der Waals surface area contributed by atoms with Crippen molar-refractivity contribution in [1.82, 2.24) is 5.16 Å². The summed E-state index contributed by atoms with van der Waals surface area (Å²) in [6, 6.07) is 8.00. The van der Waals surface area contributed by atoms with Crippen molar-refractivity contribution >= 4 is 31.9 Å². The van der Waals surface area contributed by atoms with Crippen LogP contribution < -0.4 is 0 Å². The van der Waals surface area contributed by atoms with Gasteiger partial charge in [0.1, 0.15) is 0 Å². The molecule has 0 atom stereocenters. The Bertz CT molecular complexity index is 479. The van der Waals surface area contributed by atoms with Gasteiger partial charge in [-0.25, -0.2) is 0 Å². The molecular formula is C11H9Br2NO. The van der Waals surface area contributed by atoms with Crippen molar-refractivity contribution in [1.29, 1.82) is 0 Å². The topological polar surface area (TPSA) is 26.0 Å². The summed E-state index contributed by atoms with van der Waals surface area (Å²) in [5.41, 5.74) is 3.08. The van der Waals surface area contributed by atoms with Crippen molar-refractivity contribution in [3.63, 3.8) is 0 Å². The van der Waals surface area contributed by atoms with E-state index in [0.29, 0.717) is 0 Å². The summed E-state index contributed by atoms with van der Waals surface area (Å²) in [4.78, 5) is 0. The zero-order chi connectivity index (χ0) is 10.8. The Balaban J connectivity index is 2.49. The lowest BCUT2D eigenvalue weighted by Crippen LogP contribution is -1.81. The summed E-state index contributed by atoms with van der Waals surface area (Å²) >= 11 is 6.81. The van der Waals surface area contributed by atoms with Crippen LogP contribution in [0.25, 0.3) is 11.3 Å². The lowest BCUT2D eigenvalue weighted by molar-refractivity contribution is 0.426. The number of hydrogen-bond donors (Lipinski definition) is 0. The molecule has 0 fully saturated rings. The minimum absolute atomic E-state index is 0.719. The van der Waals surface area contributed by atoms with Gasteiger partial charge in [0.2, 0.25) is 0 Å². The molecule has 1 heterocycles. The molecule has 1 aromatic carbocycles. The molecule has 0 bridgehead atoms. The quantitative estimate of drug-likeness (QED) is 0.767. The van der Waals surface area contributed by atoms with Gasteiger partial charge in [0, 0.05) is 20.9 Å². The van der Waals surface area contributed by atoms with Crippen LogP contribution in [0.1, 0.15) is 11.3 Å². The summed E-state index contributed by atoms with van der Waals surface area (Å²) in [5, 5.41) is 4.72. The number of alkyl halides is 1. The van der Waals surface area contributed by atoms with E-state index in [-0.39, 0.29) is 0 Å². The van der Waals surface area contributed by atoms with Crippen LogP contribution in [0.4, 0.5) is 0 Å². The molecule has 0 unspecified atom stereocenters. The van der Waals surface area contributed by atoms with Gasteiger partial charge < -0.3 is 4.52 Å². The van der Waals surface area contributed by atoms with Crippen LogP contribution >= 0.6 is 31.9 Å². The smallest absolute Gasteiger partial charge is 0.170 e. The van der Waals surface area contributed by atoms with Crippen molar-refractivity contribution in [3.8, 4) is 11.3 Å². The average Bonchev–Trinajstić information content (AvgIpc) is 2.59. The van der Waals surface area contributed by atoms with E-state index in [1.807, 2.05) is 31.2 Å². The van der Waals surface area contributed by atoms with E-state index in [9.17, 15) is 0 Å². The van der Waals surface area contributed by atoms with Crippen LogP contribution in [-0.4, -0.2) is 5.16 Å². The van der Waals surface area contributed by atoms with Crippen LogP contribution in [-0.2, 0) is 5.33 Å². The molecule has 0 aliphatic rings. The number of nitrogens with zero attached hydrogens (tertiary/aromatic N) is 1. The van der Waals surface area contributed by atoms with Crippen molar-refractivity contribution in [2.75, 3.05) is 0 Å². The average molecular weight is 331 g/mol. The SMILES string of the molecule is Cc1c(CBr)noc1-c1cccc(Br)c1. The number of rotatable bonds is 2. The number of halogens is 2. The Morgan fingerprint density at radius 3 is 2.80 bits per heavy atom. The van der Waals surface area contributed by atoms with E-state index < -0.39 is 0 Å². The molecule has 78 valence electrons. The van der Waals surface area contributed by atoms with Gasteiger partial charge in [-0.05, 0) is 19.1 Å². The second kappa shape index (κ2) is 4.49. The lowest BCUT2D eigenvalue weighted by Gasteiger charge is -1.98. The fourth-order valence-corrected chi connectivity index (χ4v) is 2.31. The third kappa shape index (κ3) is 2.16. The maximum absolute atomic E-state index is 5.33. The van der Waals surface area contributed by atoms with Gasteiger partial charge in [-0.3, -0.25) is 0 Å². The molecule has 2 aromatic rings. The van der Waals surface area contributed by atoms with E-state index in [2.05, 4.69) is 37.0 Å². The molecule has 0 aliphatic heterocycles. The first-order chi connectivity index (χ1) is 7.22. The van der Waals surface area contributed by atoms with Crippen molar-refractivity contribution in [2.24, 2.45) is 0 Å². The Kier molecular flexibility index (Phi) is 3.26. The summed E-state index contributed by atoms with van der Waals surface area (Å²) in [5.74, 6) is 0.839. The van der Waals surface area contributed by atoms with Gasteiger partial charge in [0.05, 0.1) is 5.69 Å². The number of hydrogen-bond acceptors (Lipinski definition) is 2. The van der Waals surface area contributed by atoms with E-state index in [1.165, 1.54) is 0 Å². The van der Waals surface area contributed by atoms with Crippen LogP contribution in [0.15, 0.2) is 33.3 Å². The first-order valence-corrected chi connectivity index (χ1v) is 6.41. The molecular weight excluding hydrogens is 322 g/mol. The van der Waals surface area contributed by atoms with Crippen LogP contribution in [0.2, 0.25) is 0 Å². The Hall–Kier alpha value is -0.610. The zero-order valence-electron chi connectivity index (χ0n) is 8.13. The highest BCUT2D eigenvalue weighted by molar-refractivity contribution is 9.10. The third-order valence-corrected chi connectivity index (χ3v) is 3.26. The fourth-order valence-electron chi connectivity index (χ4n) is 1.39. The molecule has 2 nitrogen and oxygen atoms in total. The fraction of sp³-hybridized carbons (Fsp3) is 0.182. The Morgan fingerprint density at radius 1 is 1.40 bits per heavy atom. The van der Waals surface area contributed by atoms with Crippen molar-refractivity contribution in [2.45, 2.75) is 12.3 Å². The van der Waals surface area contributed by atoms with Crippen molar-refractivity contribution in [3.05, 3.63) is 40.0 Å². The first kappa shape index (κ1) is 10.9. The molecule has 15 heavy (non-hydrogen) atoms. The van der Waals surface area contributed by atoms with E-state index in [4.69, 9.17) is 4.52 Å². The monoisotopic (exact) mass is 329 g/mol. The second-order valence-corrected chi connectivity index (χ2v) is 4.70. The molecule has 0 spiro atoms. The highest BCUT2D eigenvalue weighted by Gasteiger charge is 2.12.